The molecule has 0 amide bonds. The summed E-state index contributed by atoms with van der Waals surface area (Å²) in [7, 11) is 0. The molecule has 0 aromatic heterocycles. The van der Waals surface area contributed by atoms with Gasteiger partial charge in [0.05, 0.1) is 12.2 Å². The van der Waals surface area contributed by atoms with Crippen molar-refractivity contribution in [3.63, 3.8) is 0 Å². The van der Waals surface area contributed by atoms with Crippen LogP contribution in [0, 0.1) is 11.8 Å². The molecule has 90 valence electrons. The number of hydrogen-bond donors (Lipinski definition) is 2. The Bertz CT molecular complexity index is 278. The lowest BCUT2D eigenvalue weighted by Crippen LogP contribution is -2.36. The number of aliphatic hydroxyl groups is 2. The summed E-state index contributed by atoms with van der Waals surface area (Å²) in [6.45, 7) is 4.02. The molecule has 0 aliphatic heterocycles. The SMILES string of the molecule is CC=CC=CC=CC1CC(O)CC(O)C1C. The predicted octanol–water partition coefficient (Wildman–Crippen LogP) is 2.44. The Morgan fingerprint density at radius 3 is 2.38 bits per heavy atom. The molecule has 1 rings (SSSR count). The molecule has 1 fully saturated rings. The summed E-state index contributed by atoms with van der Waals surface area (Å²) in [6, 6.07) is 0. The van der Waals surface area contributed by atoms with Gasteiger partial charge in [-0.25, -0.2) is 0 Å². The van der Waals surface area contributed by atoms with Crippen LogP contribution in [0.3, 0.4) is 0 Å². The lowest BCUT2D eigenvalue weighted by Gasteiger charge is -2.34. The molecule has 1 aliphatic carbocycles. The van der Waals surface area contributed by atoms with E-state index in [0.717, 1.165) is 6.42 Å². The largest absolute Gasteiger partial charge is 0.393 e. The third kappa shape index (κ3) is 3.95. The van der Waals surface area contributed by atoms with Crippen molar-refractivity contribution < 1.29 is 10.2 Å². The van der Waals surface area contributed by atoms with Crippen molar-refractivity contribution in [2.45, 2.75) is 38.9 Å². The van der Waals surface area contributed by atoms with Crippen molar-refractivity contribution in [1.82, 2.24) is 0 Å². The van der Waals surface area contributed by atoms with Crippen molar-refractivity contribution in [2.24, 2.45) is 11.8 Å². The molecule has 16 heavy (non-hydrogen) atoms. The maximum absolute atomic E-state index is 9.74. The van der Waals surface area contributed by atoms with Gasteiger partial charge in [0.25, 0.3) is 0 Å². The van der Waals surface area contributed by atoms with E-state index < -0.39 is 0 Å². The molecular formula is C14H22O2. The molecule has 2 nitrogen and oxygen atoms in total. The Kier molecular flexibility index (Phi) is 5.50. The molecule has 1 saturated carbocycles. The maximum atomic E-state index is 9.74. The van der Waals surface area contributed by atoms with Crippen LogP contribution >= 0.6 is 0 Å². The molecule has 0 radical (unpaired) electrons. The van der Waals surface area contributed by atoms with Crippen LogP contribution in [-0.4, -0.2) is 22.4 Å². The van der Waals surface area contributed by atoms with Crippen LogP contribution in [0.1, 0.15) is 26.7 Å². The second-order valence-electron chi connectivity index (χ2n) is 4.51. The van der Waals surface area contributed by atoms with Crippen LogP contribution in [0.2, 0.25) is 0 Å². The number of aliphatic hydroxyl groups excluding tert-OH is 2. The highest BCUT2D eigenvalue weighted by molar-refractivity contribution is 5.12. The molecule has 4 unspecified atom stereocenters. The summed E-state index contributed by atoms with van der Waals surface area (Å²) in [4.78, 5) is 0. The summed E-state index contributed by atoms with van der Waals surface area (Å²) in [5.41, 5.74) is 0. The average Bonchev–Trinajstić information content (AvgIpc) is 2.24. The molecule has 0 saturated heterocycles. The van der Waals surface area contributed by atoms with E-state index in [0.29, 0.717) is 6.42 Å². The van der Waals surface area contributed by atoms with E-state index in [1.54, 1.807) is 0 Å². The zero-order valence-corrected chi connectivity index (χ0v) is 10.1. The van der Waals surface area contributed by atoms with Crippen molar-refractivity contribution >= 4 is 0 Å². The maximum Gasteiger partial charge on any atom is 0.0596 e. The highest BCUT2D eigenvalue weighted by Crippen LogP contribution is 2.31. The first-order valence-corrected chi connectivity index (χ1v) is 5.97. The molecule has 4 atom stereocenters. The zero-order chi connectivity index (χ0) is 12.0. The fourth-order valence-electron chi connectivity index (χ4n) is 2.10. The summed E-state index contributed by atoms with van der Waals surface area (Å²) < 4.78 is 0. The third-order valence-corrected chi connectivity index (χ3v) is 3.22. The Morgan fingerprint density at radius 1 is 1.00 bits per heavy atom. The van der Waals surface area contributed by atoms with Crippen LogP contribution < -0.4 is 0 Å². The average molecular weight is 222 g/mol. The Hall–Kier alpha value is -0.860. The van der Waals surface area contributed by atoms with Crippen LogP contribution in [0.25, 0.3) is 0 Å². The van der Waals surface area contributed by atoms with Gasteiger partial charge >= 0.3 is 0 Å². The Labute approximate surface area is 98.0 Å². The minimum atomic E-state index is -0.377. The topological polar surface area (TPSA) is 40.5 Å². The molecule has 0 bridgehead atoms. The van der Waals surface area contributed by atoms with E-state index in [-0.39, 0.29) is 24.0 Å². The highest BCUT2D eigenvalue weighted by atomic mass is 16.3. The lowest BCUT2D eigenvalue weighted by molar-refractivity contribution is -0.0128. The molecule has 1 aliphatic rings. The normalized spacial score (nSPS) is 36.8. The number of rotatable bonds is 3. The van der Waals surface area contributed by atoms with Gasteiger partial charge in [0.15, 0.2) is 0 Å². The first-order valence-electron chi connectivity index (χ1n) is 5.97. The van der Waals surface area contributed by atoms with Gasteiger partial charge in [-0.15, -0.1) is 0 Å². The van der Waals surface area contributed by atoms with Crippen molar-refractivity contribution in [1.29, 1.82) is 0 Å². The van der Waals surface area contributed by atoms with Gasteiger partial charge in [-0.1, -0.05) is 43.4 Å². The van der Waals surface area contributed by atoms with Crippen LogP contribution in [0.4, 0.5) is 0 Å². The molecule has 0 aromatic carbocycles. The van der Waals surface area contributed by atoms with Crippen LogP contribution in [0.5, 0.6) is 0 Å². The second-order valence-corrected chi connectivity index (χ2v) is 4.51. The van der Waals surface area contributed by atoms with Crippen LogP contribution in [-0.2, 0) is 0 Å². The zero-order valence-electron chi connectivity index (χ0n) is 10.1. The van der Waals surface area contributed by atoms with Gasteiger partial charge in [-0.3, -0.25) is 0 Å². The van der Waals surface area contributed by atoms with E-state index >= 15 is 0 Å². The summed E-state index contributed by atoms with van der Waals surface area (Å²) >= 11 is 0. The van der Waals surface area contributed by atoms with E-state index in [1.807, 2.05) is 44.2 Å². The quantitative estimate of drug-likeness (QED) is 0.720. The van der Waals surface area contributed by atoms with Gasteiger partial charge in [0.2, 0.25) is 0 Å². The first-order chi connectivity index (χ1) is 7.65. The van der Waals surface area contributed by atoms with Gasteiger partial charge in [-0.2, -0.15) is 0 Å². The van der Waals surface area contributed by atoms with Crippen LogP contribution in [0.15, 0.2) is 36.5 Å². The van der Waals surface area contributed by atoms with E-state index in [1.165, 1.54) is 0 Å². The predicted molar refractivity (Wildman–Crippen MR) is 67.0 cm³/mol. The fourth-order valence-corrected chi connectivity index (χ4v) is 2.10. The van der Waals surface area contributed by atoms with Gasteiger partial charge in [-0.05, 0) is 31.6 Å². The Morgan fingerprint density at radius 2 is 1.69 bits per heavy atom. The molecular weight excluding hydrogens is 200 g/mol. The van der Waals surface area contributed by atoms with Gasteiger partial charge in [0.1, 0.15) is 0 Å². The highest BCUT2D eigenvalue weighted by Gasteiger charge is 2.31. The fraction of sp³-hybridized carbons (Fsp3) is 0.571. The summed E-state index contributed by atoms with van der Waals surface area (Å²) in [6.07, 6.45) is 12.5. The molecule has 0 aromatic rings. The first kappa shape index (κ1) is 13.2. The minimum absolute atomic E-state index is 0.231. The molecule has 0 heterocycles. The van der Waals surface area contributed by atoms with E-state index in [2.05, 4.69) is 6.08 Å². The summed E-state index contributed by atoms with van der Waals surface area (Å²) in [5.74, 6) is 0.503. The number of allylic oxidation sites excluding steroid dienone is 6. The minimum Gasteiger partial charge on any atom is -0.393 e. The van der Waals surface area contributed by atoms with E-state index in [9.17, 15) is 10.2 Å². The van der Waals surface area contributed by atoms with Gasteiger partial charge < -0.3 is 10.2 Å². The van der Waals surface area contributed by atoms with Crippen molar-refractivity contribution in [2.75, 3.05) is 0 Å². The second kappa shape index (κ2) is 6.66. The molecule has 2 heteroatoms. The monoisotopic (exact) mass is 222 g/mol. The van der Waals surface area contributed by atoms with Gasteiger partial charge in [0, 0.05) is 0 Å². The van der Waals surface area contributed by atoms with Crippen molar-refractivity contribution in [3.05, 3.63) is 36.5 Å². The lowest BCUT2D eigenvalue weighted by atomic mass is 9.77. The Balaban J connectivity index is 2.51. The van der Waals surface area contributed by atoms with E-state index in [4.69, 9.17) is 0 Å². The van der Waals surface area contributed by atoms with Crippen molar-refractivity contribution in [3.8, 4) is 0 Å². The molecule has 0 spiro atoms. The molecule has 2 N–H and O–H groups in total. The standard InChI is InChI=1S/C14H22O2/c1-3-4-5-6-7-8-12-9-13(15)10-14(16)11(12)2/h3-8,11-16H,9-10H2,1-2H3. The third-order valence-electron chi connectivity index (χ3n) is 3.22. The number of hydrogen-bond acceptors (Lipinski definition) is 2. The summed E-state index contributed by atoms with van der Waals surface area (Å²) in [5, 5.41) is 19.3. The smallest absolute Gasteiger partial charge is 0.0596 e.